The zero-order chi connectivity index (χ0) is 25.1. The van der Waals surface area contributed by atoms with Crippen LogP contribution >= 0.6 is 0 Å². The van der Waals surface area contributed by atoms with Gasteiger partial charge in [0.15, 0.2) is 0 Å². The highest BCUT2D eigenvalue weighted by atomic mass is 32.2. The lowest BCUT2D eigenvalue weighted by Crippen LogP contribution is -2.42. The van der Waals surface area contributed by atoms with E-state index < -0.39 is 28.2 Å². The molecule has 9 heteroatoms. The van der Waals surface area contributed by atoms with E-state index in [9.17, 15) is 18.0 Å². The lowest BCUT2D eigenvalue weighted by Gasteiger charge is -2.18. The second-order valence-corrected chi connectivity index (χ2v) is 9.35. The van der Waals surface area contributed by atoms with Gasteiger partial charge in [0.05, 0.1) is 11.5 Å². The Bertz CT molecular complexity index is 1200. The van der Waals surface area contributed by atoms with Gasteiger partial charge in [0.25, 0.3) is 10.1 Å². The molecule has 8 nitrogen and oxygen atoms in total. The summed E-state index contributed by atoms with van der Waals surface area (Å²) >= 11 is 0. The fourth-order valence-electron chi connectivity index (χ4n) is 3.03. The zero-order valence-corrected chi connectivity index (χ0v) is 20.1. The van der Waals surface area contributed by atoms with Crippen molar-refractivity contribution in [1.29, 1.82) is 0 Å². The van der Waals surface area contributed by atoms with Gasteiger partial charge in [-0.25, -0.2) is 9.59 Å². The molecule has 3 rings (SSSR count). The smallest absolute Gasteiger partial charge is 0.408 e. The number of alkyl carbamates (subject to hydrolysis) is 1. The number of benzene rings is 3. The molecule has 1 atom stereocenters. The molecule has 0 aliphatic carbocycles. The van der Waals surface area contributed by atoms with Gasteiger partial charge in [0.2, 0.25) is 0 Å². The SMILES string of the molecule is Cc1ccc(S(=O)(=O)OCCC(NC(=O)OCc2ccccc2)C(=O)OCc2ccccc2)cc1. The number of carbonyl (C=O) groups is 2. The highest BCUT2D eigenvalue weighted by Gasteiger charge is 2.25. The first-order valence-corrected chi connectivity index (χ1v) is 12.4. The zero-order valence-electron chi connectivity index (χ0n) is 19.3. The topological polar surface area (TPSA) is 108 Å². The Morgan fingerprint density at radius 2 is 1.34 bits per heavy atom. The second-order valence-electron chi connectivity index (χ2n) is 7.73. The molecular weight excluding hydrogens is 470 g/mol. The monoisotopic (exact) mass is 497 g/mol. The highest BCUT2D eigenvalue weighted by Crippen LogP contribution is 2.14. The van der Waals surface area contributed by atoms with Gasteiger partial charge in [-0.1, -0.05) is 78.4 Å². The quantitative estimate of drug-likeness (QED) is 0.313. The summed E-state index contributed by atoms with van der Waals surface area (Å²) in [5, 5.41) is 2.45. The molecule has 0 saturated heterocycles. The molecule has 0 spiro atoms. The summed E-state index contributed by atoms with van der Waals surface area (Å²) in [6, 6.07) is 23.1. The average molecular weight is 498 g/mol. The molecule has 0 aliphatic heterocycles. The predicted molar refractivity (Wildman–Crippen MR) is 129 cm³/mol. The van der Waals surface area contributed by atoms with E-state index in [0.29, 0.717) is 0 Å². The molecule has 0 fully saturated rings. The van der Waals surface area contributed by atoms with Crippen LogP contribution in [-0.4, -0.2) is 33.1 Å². The van der Waals surface area contributed by atoms with E-state index in [1.165, 1.54) is 12.1 Å². The first-order valence-electron chi connectivity index (χ1n) is 11.0. The molecule has 0 aromatic heterocycles. The van der Waals surface area contributed by atoms with Crippen molar-refractivity contribution in [2.45, 2.75) is 37.5 Å². The average Bonchev–Trinajstić information content (AvgIpc) is 2.87. The Morgan fingerprint density at radius 1 is 0.800 bits per heavy atom. The summed E-state index contributed by atoms with van der Waals surface area (Å²) in [5.74, 6) is -0.734. The second kappa shape index (κ2) is 12.7. The van der Waals surface area contributed by atoms with Gasteiger partial charge < -0.3 is 14.8 Å². The van der Waals surface area contributed by atoms with Crippen LogP contribution in [0.2, 0.25) is 0 Å². The van der Waals surface area contributed by atoms with E-state index in [0.717, 1.165) is 16.7 Å². The third-order valence-corrected chi connectivity index (χ3v) is 6.29. The summed E-state index contributed by atoms with van der Waals surface area (Å²) in [6.07, 6.45) is -0.976. The lowest BCUT2D eigenvalue weighted by atomic mass is 10.2. The summed E-state index contributed by atoms with van der Waals surface area (Å²) in [6.45, 7) is 1.50. The fraction of sp³-hybridized carbons (Fsp3) is 0.231. The minimum Gasteiger partial charge on any atom is -0.459 e. The molecule has 3 aromatic rings. The van der Waals surface area contributed by atoms with Crippen LogP contribution < -0.4 is 5.32 Å². The highest BCUT2D eigenvalue weighted by molar-refractivity contribution is 7.86. The molecule has 0 bridgehead atoms. The summed E-state index contributed by atoms with van der Waals surface area (Å²) in [7, 11) is -4.02. The van der Waals surface area contributed by atoms with E-state index in [4.69, 9.17) is 13.7 Å². The standard InChI is InChI=1S/C26H27NO7S/c1-20-12-14-23(15-13-20)35(30,31)34-17-16-24(25(28)32-18-21-8-4-2-5-9-21)27-26(29)33-19-22-10-6-3-7-11-22/h2-15,24H,16-19H2,1H3,(H,27,29). The van der Waals surface area contributed by atoms with Gasteiger partial charge in [-0.3, -0.25) is 4.18 Å². The number of carbonyl (C=O) groups excluding carboxylic acids is 2. The van der Waals surface area contributed by atoms with E-state index in [1.54, 1.807) is 36.4 Å². The van der Waals surface area contributed by atoms with Gasteiger partial charge in [0.1, 0.15) is 19.3 Å². The van der Waals surface area contributed by atoms with Gasteiger partial charge >= 0.3 is 12.1 Å². The van der Waals surface area contributed by atoms with Crippen molar-refractivity contribution in [2.75, 3.05) is 6.61 Å². The van der Waals surface area contributed by atoms with Crippen molar-refractivity contribution in [2.24, 2.45) is 0 Å². The number of hydrogen-bond donors (Lipinski definition) is 1. The molecule has 0 saturated carbocycles. The molecule has 1 amide bonds. The molecule has 35 heavy (non-hydrogen) atoms. The van der Waals surface area contributed by atoms with Crippen LogP contribution in [0.4, 0.5) is 4.79 Å². The Labute approximate surface area is 205 Å². The maximum Gasteiger partial charge on any atom is 0.408 e. The van der Waals surface area contributed by atoms with Crippen molar-refractivity contribution in [3.8, 4) is 0 Å². The number of rotatable bonds is 11. The Hall–Kier alpha value is -3.69. The van der Waals surface area contributed by atoms with Crippen molar-refractivity contribution >= 4 is 22.2 Å². The van der Waals surface area contributed by atoms with E-state index in [2.05, 4.69) is 5.32 Å². The maximum atomic E-state index is 12.7. The van der Waals surface area contributed by atoms with Crippen LogP contribution in [0.3, 0.4) is 0 Å². The van der Waals surface area contributed by atoms with E-state index in [-0.39, 0.29) is 31.1 Å². The van der Waals surface area contributed by atoms with Crippen LogP contribution in [0, 0.1) is 6.92 Å². The lowest BCUT2D eigenvalue weighted by molar-refractivity contribution is -0.147. The van der Waals surface area contributed by atoms with Crippen LogP contribution in [0.1, 0.15) is 23.1 Å². The van der Waals surface area contributed by atoms with Crippen molar-refractivity contribution in [3.05, 3.63) is 102 Å². The molecule has 3 aromatic carbocycles. The van der Waals surface area contributed by atoms with Crippen molar-refractivity contribution in [1.82, 2.24) is 5.32 Å². The minimum atomic E-state index is -4.02. The maximum absolute atomic E-state index is 12.7. The molecular formula is C26H27NO7S. The van der Waals surface area contributed by atoms with Gasteiger partial charge in [-0.2, -0.15) is 8.42 Å². The van der Waals surface area contributed by atoms with Crippen LogP contribution in [0.15, 0.2) is 89.8 Å². The van der Waals surface area contributed by atoms with Crippen LogP contribution in [-0.2, 0) is 41.8 Å². The number of esters is 1. The van der Waals surface area contributed by atoms with Crippen LogP contribution in [0.25, 0.3) is 0 Å². The first-order chi connectivity index (χ1) is 16.8. The molecule has 0 aliphatic rings. The van der Waals surface area contributed by atoms with Gasteiger partial charge in [0, 0.05) is 6.42 Å². The largest absolute Gasteiger partial charge is 0.459 e. The molecule has 1 N–H and O–H groups in total. The van der Waals surface area contributed by atoms with Gasteiger partial charge in [-0.15, -0.1) is 0 Å². The summed E-state index contributed by atoms with van der Waals surface area (Å²) in [5.41, 5.74) is 2.45. The first kappa shape index (κ1) is 25.9. The third kappa shape index (κ3) is 8.55. The molecule has 1 unspecified atom stereocenters. The molecule has 184 valence electrons. The number of hydrogen-bond acceptors (Lipinski definition) is 7. The van der Waals surface area contributed by atoms with Crippen LogP contribution in [0.5, 0.6) is 0 Å². The Kier molecular flexibility index (Phi) is 9.39. The fourth-order valence-corrected chi connectivity index (χ4v) is 3.96. The van der Waals surface area contributed by atoms with Crippen molar-refractivity contribution in [3.63, 3.8) is 0 Å². The minimum absolute atomic E-state index is 0.000557. The summed E-state index contributed by atoms with van der Waals surface area (Å²) < 4.78 is 40.5. The molecule has 0 radical (unpaired) electrons. The molecule has 0 heterocycles. The Balaban J connectivity index is 1.59. The van der Waals surface area contributed by atoms with E-state index >= 15 is 0 Å². The van der Waals surface area contributed by atoms with Gasteiger partial charge in [-0.05, 0) is 30.2 Å². The number of ether oxygens (including phenoxy) is 2. The normalized spacial score (nSPS) is 11.9. The number of aryl methyl sites for hydroxylation is 1. The van der Waals surface area contributed by atoms with E-state index in [1.807, 2.05) is 43.3 Å². The predicted octanol–water partition coefficient (Wildman–Crippen LogP) is 4.13. The number of nitrogens with one attached hydrogen (secondary N) is 1. The van der Waals surface area contributed by atoms with Crippen molar-refractivity contribution < 1.29 is 31.7 Å². The number of amides is 1. The third-order valence-electron chi connectivity index (χ3n) is 4.97. The Morgan fingerprint density at radius 3 is 1.91 bits per heavy atom. The summed E-state index contributed by atoms with van der Waals surface area (Å²) in [4.78, 5) is 25.0.